The van der Waals surface area contributed by atoms with Gasteiger partial charge in [-0.2, -0.15) is 30.6 Å². The smallest absolute Gasteiger partial charge is 0.211 e. The number of rotatable bonds is 22. The Hall–Kier alpha value is -10.7. The van der Waals surface area contributed by atoms with Crippen LogP contribution in [-0.4, -0.2) is 184 Å². The standard InChI is InChI=1S/C25H30N8O2S.C24H27N7O2.C22H26N8O2S/c1-31-15-20(12-27-31)18-7-6-8-19(11-18)24-26-14-23(21-13-28-32(2)16-21)25(30-24)29-22-9-4-5-10-33(17-22)36(3,34)35;1-30-12-18(9-26-30)16-4-3-5-17(6-16)22-25-11-21(19-10-27-31(2)13-19)23(29-22)28-20-7-24(8-20,14-32)15-33;1-29-14-18(11-25-29)16-6-4-7-17(10-16)21-24-13-20(19-12-26-30(2)15-19)22(28-21)23-8-5-9-27-33(3,31)32/h6-8,11-16,22H,4-5,9-10,17H2,1-3H3,(H,26,29,30);3-6,9-13,20,32-33H,7-8,14-15H2,1-2H3,(H,25,28,29);4,6-7,10-15,27H,5,8-9H2,1-3H3,(H,23,24,28). The van der Waals surface area contributed by atoms with E-state index in [1.54, 1.807) is 57.2 Å². The topological polar surface area (TPSA) is 344 Å². The molecule has 10 heterocycles. The van der Waals surface area contributed by atoms with Crippen LogP contribution in [-0.2, 0) is 62.3 Å². The molecule has 14 rings (SSSR count). The maximum absolute atomic E-state index is 12.3. The van der Waals surface area contributed by atoms with Crippen molar-refractivity contribution in [3.8, 4) is 101 Å². The minimum atomic E-state index is -3.27. The molecule has 6 N–H and O–H groups in total. The lowest BCUT2D eigenvalue weighted by molar-refractivity contribution is -0.0172. The second-order valence-electron chi connectivity index (χ2n) is 26.0. The molecule has 0 spiro atoms. The fourth-order valence-corrected chi connectivity index (χ4v) is 13.7. The molecule has 0 amide bonds. The summed E-state index contributed by atoms with van der Waals surface area (Å²) < 4.78 is 61.7. The molecule has 31 heteroatoms. The number of anilines is 3. The zero-order valence-electron chi connectivity index (χ0n) is 58.1. The number of nitrogens with one attached hydrogen (secondary N) is 4. The van der Waals surface area contributed by atoms with Crippen LogP contribution < -0.4 is 20.7 Å². The molecule has 1 aliphatic heterocycles. The number of aromatic nitrogens is 18. The lowest BCUT2D eigenvalue weighted by Gasteiger charge is -2.45. The fraction of sp³-hybridized carbons (Fsp3) is 0.324. The molecule has 0 radical (unpaired) electrons. The molecule has 12 aromatic rings. The summed E-state index contributed by atoms with van der Waals surface area (Å²) in [4.78, 5) is 28.6. The van der Waals surface area contributed by atoms with Crippen LogP contribution >= 0.6 is 0 Å². The van der Waals surface area contributed by atoms with Crippen molar-refractivity contribution in [2.24, 2.45) is 47.7 Å². The summed E-state index contributed by atoms with van der Waals surface area (Å²) in [5.74, 6) is 3.84. The molecule has 530 valence electrons. The van der Waals surface area contributed by atoms with Gasteiger partial charge in [0.1, 0.15) is 17.5 Å². The minimum absolute atomic E-state index is 0.0205. The zero-order valence-corrected chi connectivity index (χ0v) is 59.7. The van der Waals surface area contributed by atoms with E-state index in [9.17, 15) is 27.0 Å². The molecule has 0 bridgehead atoms. The van der Waals surface area contributed by atoms with Gasteiger partial charge in [0.2, 0.25) is 20.0 Å². The zero-order chi connectivity index (χ0) is 71.7. The van der Waals surface area contributed by atoms with Gasteiger partial charge < -0.3 is 26.2 Å². The predicted octanol–water partition coefficient (Wildman–Crippen LogP) is 7.96. The maximum Gasteiger partial charge on any atom is 0.211 e. The van der Waals surface area contributed by atoms with Crippen molar-refractivity contribution in [3.05, 3.63) is 166 Å². The van der Waals surface area contributed by atoms with E-state index >= 15 is 0 Å². The lowest BCUT2D eigenvalue weighted by Crippen LogP contribution is -2.49. The molecule has 1 unspecified atom stereocenters. The van der Waals surface area contributed by atoms with Gasteiger partial charge >= 0.3 is 0 Å². The van der Waals surface area contributed by atoms with E-state index in [0.717, 1.165) is 109 Å². The van der Waals surface area contributed by atoms with E-state index in [0.29, 0.717) is 80.4 Å². The number of sulfonamides is 2. The van der Waals surface area contributed by atoms with Crippen LogP contribution in [0.25, 0.3) is 101 Å². The molecule has 2 aliphatic rings. The molecule has 3 aromatic carbocycles. The third-order valence-corrected chi connectivity index (χ3v) is 19.7. The third-order valence-electron chi connectivity index (χ3n) is 17.7. The van der Waals surface area contributed by atoms with Gasteiger partial charge in [0.25, 0.3) is 0 Å². The van der Waals surface area contributed by atoms with Gasteiger partial charge in [-0.05, 0) is 67.0 Å². The Balaban J connectivity index is 0.000000145. The van der Waals surface area contributed by atoms with Crippen LogP contribution in [0.1, 0.15) is 38.5 Å². The predicted molar refractivity (Wildman–Crippen MR) is 392 cm³/mol. The van der Waals surface area contributed by atoms with Crippen LogP contribution in [0, 0.1) is 5.41 Å². The first-order chi connectivity index (χ1) is 49.0. The highest BCUT2D eigenvalue weighted by atomic mass is 32.2. The van der Waals surface area contributed by atoms with Crippen LogP contribution in [0.3, 0.4) is 0 Å². The molecule has 29 nitrogen and oxygen atoms in total. The van der Waals surface area contributed by atoms with Crippen LogP contribution in [0.15, 0.2) is 166 Å². The molecule has 1 saturated heterocycles. The highest BCUT2D eigenvalue weighted by Crippen LogP contribution is 2.43. The van der Waals surface area contributed by atoms with Crippen LogP contribution in [0.4, 0.5) is 17.5 Å². The Morgan fingerprint density at radius 3 is 1.18 bits per heavy atom. The van der Waals surface area contributed by atoms with E-state index in [4.69, 9.17) is 15.0 Å². The molecular weight excluding hydrogens is 1340 g/mol. The summed E-state index contributed by atoms with van der Waals surface area (Å²) in [5, 5.41) is 55.3. The summed E-state index contributed by atoms with van der Waals surface area (Å²) in [6.45, 7) is 1.80. The van der Waals surface area contributed by atoms with E-state index in [1.165, 1.54) is 6.26 Å². The molecule has 1 aliphatic carbocycles. The molecule has 9 aromatic heterocycles. The summed E-state index contributed by atoms with van der Waals surface area (Å²) in [6, 6.07) is 24.2. The van der Waals surface area contributed by atoms with Gasteiger partial charge in [-0.15, -0.1) is 0 Å². The van der Waals surface area contributed by atoms with Crippen molar-refractivity contribution < 1.29 is 27.0 Å². The quantitative estimate of drug-likeness (QED) is 0.0350. The summed E-state index contributed by atoms with van der Waals surface area (Å²) >= 11 is 0. The highest BCUT2D eigenvalue weighted by molar-refractivity contribution is 7.88. The van der Waals surface area contributed by atoms with Crippen molar-refractivity contribution in [1.82, 2.24) is 97.6 Å². The number of hydrogen-bond donors (Lipinski definition) is 6. The summed E-state index contributed by atoms with van der Waals surface area (Å²) in [7, 11) is 4.79. The van der Waals surface area contributed by atoms with Gasteiger partial charge in [0, 0.05) is 208 Å². The third kappa shape index (κ3) is 17.7. The second-order valence-corrected chi connectivity index (χ2v) is 29.8. The van der Waals surface area contributed by atoms with Crippen molar-refractivity contribution in [2.45, 2.75) is 50.6 Å². The second kappa shape index (κ2) is 31.0. The van der Waals surface area contributed by atoms with Gasteiger partial charge in [0.15, 0.2) is 17.5 Å². The van der Waals surface area contributed by atoms with Crippen LogP contribution in [0.5, 0.6) is 0 Å². The molecule has 2 fully saturated rings. The molecule has 1 atom stereocenters. The Bertz CT molecular complexity index is 5100. The van der Waals surface area contributed by atoms with Crippen molar-refractivity contribution in [1.29, 1.82) is 0 Å². The van der Waals surface area contributed by atoms with Crippen molar-refractivity contribution in [3.63, 3.8) is 0 Å². The summed E-state index contributed by atoms with van der Waals surface area (Å²) in [6.07, 6.45) is 34.9. The lowest BCUT2D eigenvalue weighted by atomic mass is 9.66. The molecule has 102 heavy (non-hydrogen) atoms. The number of aliphatic hydroxyl groups is 2. The van der Waals surface area contributed by atoms with Gasteiger partial charge in [-0.3, -0.25) is 28.1 Å². The fourth-order valence-electron chi connectivity index (χ4n) is 12.3. The van der Waals surface area contributed by atoms with Gasteiger partial charge in [-0.1, -0.05) is 61.0 Å². The van der Waals surface area contributed by atoms with E-state index in [2.05, 4.69) is 78.3 Å². The number of aliphatic hydroxyl groups excluding tert-OH is 2. The van der Waals surface area contributed by atoms with E-state index < -0.39 is 25.5 Å². The average Bonchev–Trinajstić information content (AvgIpc) is 0.846. The Kier molecular flexibility index (Phi) is 21.7. The first-order valence-corrected chi connectivity index (χ1v) is 37.0. The Morgan fingerprint density at radius 1 is 0.451 bits per heavy atom. The highest BCUT2D eigenvalue weighted by Gasteiger charge is 2.44. The number of nitrogens with zero attached hydrogens (tertiary/aromatic N) is 19. The number of hydrogen-bond acceptors (Lipinski definition) is 21. The average molecular weight is 1420 g/mol. The van der Waals surface area contributed by atoms with Crippen LogP contribution in [0.2, 0.25) is 0 Å². The number of benzene rings is 3. The van der Waals surface area contributed by atoms with E-state index in [-0.39, 0.29) is 25.3 Å². The Morgan fingerprint density at radius 2 is 0.814 bits per heavy atom. The largest absolute Gasteiger partial charge is 0.396 e. The van der Waals surface area contributed by atoms with E-state index in [1.807, 2.05) is 171 Å². The SMILES string of the molecule is Cn1cc(-c2cccc(-c3ncc(-c4cnn(C)c4)c(NC4CC(CO)(CO)C4)n3)c2)cn1.Cn1cc(-c2cccc(-c3ncc(-c4cnn(C)c4)c(NC4CCCCN(S(C)(=O)=O)C4)n3)c2)cn1.Cn1cc(-c2cccc(-c3ncc(-c4cnn(C)c4)c(NCCCNS(C)(=O)=O)n3)c2)cn1. The van der Waals surface area contributed by atoms with Crippen molar-refractivity contribution >= 4 is 37.5 Å². The molecular formula is C71H83N23O6S2. The van der Waals surface area contributed by atoms with Gasteiger partial charge in [-0.25, -0.2) is 55.8 Å². The minimum Gasteiger partial charge on any atom is -0.396 e. The van der Waals surface area contributed by atoms with Crippen molar-refractivity contribution in [2.75, 3.05) is 67.9 Å². The normalized spacial score (nSPS) is 14.8. The summed E-state index contributed by atoms with van der Waals surface area (Å²) in [5.41, 5.74) is 13.7. The first-order valence-electron chi connectivity index (χ1n) is 33.3. The Labute approximate surface area is 591 Å². The number of aryl methyl sites for hydroxylation is 6. The monoisotopic (exact) mass is 1420 g/mol. The maximum atomic E-state index is 12.3. The first kappa shape index (κ1) is 71.1. The molecule has 1 saturated carbocycles. The van der Waals surface area contributed by atoms with Gasteiger partial charge in [0.05, 0.1) is 62.9 Å².